The molecule has 1 saturated heterocycles. The maximum Gasteiger partial charge on any atom is 0.167 e. The van der Waals surface area contributed by atoms with Gasteiger partial charge in [-0.1, -0.05) is 0 Å². The van der Waals surface area contributed by atoms with Crippen LogP contribution in [0.3, 0.4) is 0 Å². The second-order valence-electron chi connectivity index (χ2n) is 7.70. The summed E-state index contributed by atoms with van der Waals surface area (Å²) in [5, 5.41) is 8.54. The number of nitrogen functional groups attached to an aromatic ring is 1. The summed E-state index contributed by atoms with van der Waals surface area (Å²) in [5.74, 6) is 0.166. The van der Waals surface area contributed by atoms with E-state index in [1.165, 1.54) is 12.4 Å². The van der Waals surface area contributed by atoms with Crippen LogP contribution in [0.5, 0.6) is 5.75 Å². The fraction of sp³-hybridized carbons (Fsp3) is 0.421. The van der Waals surface area contributed by atoms with Gasteiger partial charge in [0.15, 0.2) is 21.4 Å². The summed E-state index contributed by atoms with van der Waals surface area (Å²) in [4.78, 5) is 10.2. The fourth-order valence-corrected chi connectivity index (χ4v) is 4.34. The molecule has 2 aliphatic rings. The number of halogens is 1. The van der Waals surface area contributed by atoms with E-state index in [9.17, 15) is 12.8 Å². The Kier molecular flexibility index (Phi) is 4.68. The molecule has 3 N–H and O–H groups in total. The molecule has 1 aliphatic heterocycles. The Labute approximate surface area is 168 Å². The Balaban J connectivity index is 1.61. The Morgan fingerprint density at radius 1 is 1.24 bits per heavy atom. The minimum atomic E-state index is -3.01. The standard InChI is InChI=1S/C19H22FN5O3S/c1-19(2-3-19)28-16-8-12(14(21)9-13(16)20)18(22)15-10-17(24-11-23-15)25-4-6-29(26,27)7-5-25/h8-11,22H,2-7,21H2,1H3. The second-order valence-corrected chi connectivity index (χ2v) is 10.0. The minimum Gasteiger partial charge on any atom is -0.484 e. The first kappa shape index (κ1) is 19.6. The number of benzene rings is 1. The minimum absolute atomic E-state index is 0.0154. The zero-order chi connectivity index (χ0) is 20.8. The highest BCUT2D eigenvalue weighted by atomic mass is 32.2. The van der Waals surface area contributed by atoms with Gasteiger partial charge in [0.1, 0.15) is 17.7 Å². The van der Waals surface area contributed by atoms with Crippen molar-refractivity contribution < 1.29 is 17.5 Å². The van der Waals surface area contributed by atoms with Gasteiger partial charge in [0.25, 0.3) is 0 Å². The first-order chi connectivity index (χ1) is 13.7. The lowest BCUT2D eigenvalue weighted by atomic mass is 10.0. The number of hydrogen-bond donors (Lipinski definition) is 2. The molecule has 0 bridgehead atoms. The van der Waals surface area contributed by atoms with Gasteiger partial charge in [-0.3, -0.25) is 5.41 Å². The van der Waals surface area contributed by atoms with E-state index >= 15 is 0 Å². The summed E-state index contributed by atoms with van der Waals surface area (Å²) >= 11 is 0. The quantitative estimate of drug-likeness (QED) is 0.559. The molecular formula is C19H22FN5O3S. The third kappa shape index (κ3) is 4.16. The number of aromatic nitrogens is 2. The maximum absolute atomic E-state index is 14.3. The first-order valence-electron chi connectivity index (χ1n) is 9.31. The molecule has 0 spiro atoms. The molecule has 2 fully saturated rings. The van der Waals surface area contributed by atoms with Gasteiger partial charge in [-0.05, 0) is 25.8 Å². The van der Waals surface area contributed by atoms with E-state index in [-0.39, 0.29) is 34.3 Å². The molecule has 1 aromatic carbocycles. The van der Waals surface area contributed by atoms with Crippen LogP contribution in [0.1, 0.15) is 31.0 Å². The van der Waals surface area contributed by atoms with Crippen molar-refractivity contribution in [3.8, 4) is 5.75 Å². The van der Waals surface area contributed by atoms with E-state index in [1.807, 2.05) is 11.8 Å². The molecule has 1 aliphatic carbocycles. The zero-order valence-corrected chi connectivity index (χ0v) is 16.8. The molecule has 8 nitrogen and oxygen atoms in total. The topological polar surface area (TPSA) is 122 Å². The highest BCUT2D eigenvalue weighted by molar-refractivity contribution is 7.91. The van der Waals surface area contributed by atoms with Gasteiger partial charge in [-0.2, -0.15) is 0 Å². The molecular weight excluding hydrogens is 397 g/mol. The SMILES string of the molecule is CC1(Oc2cc(C(=N)c3cc(N4CCS(=O)(=O)CC4)ncn3)c(N)cc2F)CC1. The predicted molar refractivity (Wildman–Crippen MR) is 108 cm³/mol. The summed E-state index contributed by atoms with van der Waals surface area (Å²) < 4.78 is 43.3. The Morgan fingerprint density at radius 3 is 2.59 bits per heavy atom. The van der Waals surface area contributed by atoms with Crippen LogP contribution >= 0.6 is 0 Å². The van der Waals surface area contributed by atoms with Gasteiger partial charge in [0.05, 0.1) is 22.9 Å². The molecule has 2 heterocycles. The largest absolute Gasteiger partial charge is 0.484 e. The normalized spacial score (nSPS) is 19.6. The molecule has 2 aromatic rings. The van der Waals surface area contributed by atoms with Gasteiger partial charge in [-0.25, -0.2) is 22.8 Å². The number of nitrogens with one attached hydrogen (secondary N) is 1. The third-order valence-corrected chi connectivity index (χ3v) is 6.87. The highest BCUT2D eigenvalue weighted by Crippen LogP contribution is 2.41. The summed E-state index contributed by atoms with van der Waals surface area (Å²) in [6, 6.07) is 4.21. The second kappa shape index (κ2) is 6.94. The van der Waals surface area contributed by atoms with Crippen molar-refractivity contribution in [2.75, 3.05) is 35.2 Å². The van der Waals surface area contributed by atoms with E-state index in [1.54, 1.807) is 6.07 Å². The molecule has 0 amide bonds. The van der Waals surface area contributed by atoms with Crippen molar-refractivity contribution in [2.24, 2.45) is 0 Å². The number of rotatable bonds is 5. The van der Waals surface area contributed by atoms with Crippen LogP contribution < -0.4 is 15.4 Å². The zero-order valence-electron chi connectivity index (χ0n) is 16.0. The average molecular weight is 419 g/mol. The van der Waals surface area contributed by atoms with E-state index in [4.69, 9.17) is 15.9 Å². The molecule has 154 valence electrons. The molecule has 29 heavy (non-hydrogen) atoms. The van der Waals surface area contributed by atoms with Crippen LogP contribution in [0.2, 0.25) is 0 Å². The van der Waals surface area contributed by atoms with Crippen molar-refractivity contribution in [1.29, 1.82) is 5.41 Å². The molecule has 1 saturated carbocycles. The van der Waals surface area contributed by atoms with Gasteiger partial charge in [-0.15, -0.1) is 0 Å². The van der Waals surface area contributed by atoms with Gasteiger partial charge >= 0.3 is 0 Å². The number of nitrogens with two attached hydrogens (primary N) is 1. The average Bonchev–Trinajstić information content (AvgIpc) is 3.40. The maximum atomic E-state index is 14.3. The number of nitrogens with zero attached hydrogens (tertiary/aromatic N) is 3. The Morgan fingerprint density at radius 2 is 1.93 bits per heavy atom. The van der Waals surface area contributed by atoms with Crippen LogP contribution in [0.15, 0.2) is 24.5 Å². The van der Waals surface area contributed by atoms with E-state index in [0.29, 0.717) is 30.2 Å². The molecule has 1 aromatic heterocycles. The molecule has 0 unspecified atom stereocenters. The number of ether oxygens (including phenoxy) is 1. The molecule has 4 rings (SSSR count). The van der Waals surface area contributed by atoms with Crippen LogP contribution in [0.4, 0.5) is 15.9 Å². The number of hydrogen-bond acceptors (Lipinski definition) is 8. The summed E-state index contributed by atoms with van der Waals surface area (Å²) in [6.45, 7) is 2.58. The van der Waals surface area contributed by atoms with Gasteiger partial charge in [0.2, 0.25) is 0 Å². The first-order valence-corrected chi connectivity index (χ1v) is 11.1. The predicted octanol–water partition coefficient (Wildman–Crippen LogP) is 1.78. The molecule has 0 radical (unpaired) electrons. The smallest absolute Gasteiger partial charge is 0.167 e. The van der Waals surface area contributed by atoms with Crippen molar-refractivity contribution in [3.63, 3.8) is 0 Å². The monoisotopic (exact) mass is 419 g/mol. The summed E-state index contributed by atoms with van der Waals surface area (Å²) in [6.07, 6.45) is 3.03. The van der Waals surface area contributed by atoms with Crippen LogP contribution in [-0.2, 0) is 9.84 Å². The number of sulfone groups is 1. The fourth-order valence-electron chi connectivity index (χ4n) is 3.14. The Bertz CT molecular complexity index is 1070. The van der Waals surface area contributed by atoms with Crippen LogP contribution in [-0.4, -0.2) is 54.3 Å². The van der Waals surface area contributed by atoms with Crippen molar-refractivity contribution in [1.82, 2.24) is 9.97 Å². The van der Waals surface area contributed by atoms with Crippen molar-refractivity contribution >= 4 is 27.1 Å². The number of anilines is 2. The molecule has 10 heteroatoms. The van der Waals surface area contributed by atoms with Crippen molar-refractivity contribution in [3.05, 3.63) is 41.6 Å². The highest BCUT2D eigenvalue weighted by Gasteiger charge is 2.40. The van der Waals surface area contributed by atoms with Gasteiger partial charge < -0.3 is 15.4 Å². The van der Waals surface area contributed by atoms with Crippen molar-refractivity contribution in [2.45, 2.75) is 25.4 Å². The Hall–Kier alpha value is -2.75. The lowest BCUT2D eigenvalue weighted by molar-refractivity contribution is 0.191. The third-order valence-electron chi connectivity index (χ3n) is 5.26. The van der Waals surface area contributed by atoms with Crippen LogP contribution in [0, 0.1) is 11.2 Å². The summed E-state index contributed by atoms with van der Waals surface area (Å²) in [5.41, 5.74) is 6.35. The lowest BCUT2D eigenvalue weighted by Crippen LogP contribution is -2.40. The van der Waals surface area contributed by atoms with E-state index in [0.717, 1.165) is 18.9 Å². The van der Waals surface area contributed by atoms with Gasteiger partial charge in [0, 0.05) is 36.5 Å². The molecule has 0 atom stereocenters. The lowest BCUT2D eigenvalue weighted by Gasteiger charge is -2.27. The van der Waals surface area contributed by atoms with Crippen LogP contribution in [0.25, 0.3) is 0 Å². The van der Waals surface area contributed by atoms with E-state index < -0.39 is 15.7 Å². The summed E-state index contributed by atoms with van der Waals surface area (Å²) in [7, 11) is -3.01. The van der Waals surface area contributed by atoms with E-state index in [2.05, 4.69) is 9.97 Å².